The number of amides is 1. The average molecular weight is 507 g/mol. The van der Waals surface area contributed by atoms with Crippen LogP contribution in [-0.2, 0) is 19.7 Å². The number of esters is 1. The molecule has 2 saturated carbocycles. The van der Waals surface area contributed by atoms with E-state index in [0.717, 1.165) is 68.1 Å². The second-order valence-corrected chi connectivity index (χ2v) is 11.0. The quantitative estimate of drug-likeness (QED) is 0.319. The predicted octanol–water partition coefficient (Wildman–Crippen LogP) is 4.63. The van der Waals surface area contributed by atoms with Crippen LogP contribution in [0.3, 0.4) is 0 Å². The molecule has 3 aliphatic rings. The molecule has 3 atom stereocenters. The van der Waals surface area contributed by atoms with Gasteiger partial charge in [0.25, 0.3) is 0 Å². The number of hydrogen-bond donors (Lipinski definition) is 1. The standard InChI is InChI=1S/C30H38N2O5/c1-21-24(12-16-36-21)9-10-28(34)31-26-11-13-30(35-3)20-32(19-23-7-8-23)15-14-29(30,18-26)25-5-4-6-27(17-25)37-22(2)33/h4-6,9-10,12,16-17,23,26H,7-8,11,13-15,18-20H2,1-3H3,(H,31,34)/b10-9+/t26-,29+,30+/m1/s1. The third kappa shape index (κ3) is 5.39. The van der Waals surface area contributed by atoms with Crippen LogP contribution in [0.25, 0.3) is 6.08 Å². The Morgan fingerprint density at radius 2 is 2.05 bits per heavy atom. The van der Waals surface area contributed by atoms with Crippen molar-refractivity contribution in [1.82, 2.24) is 10.2 Å². The molecule has 1 amide bonds. The maximum atomic E-state index is 12.9. The Morgan fingerprint density at radius 1 is 1.22 bits per heavy atom. The molecule has 5 rings (SSSR count). The third-order valence-corrected chi connectivity index (χ3v) is 8.61. The van der Waals surface area contributed by atoms with E-state index >= 15 is 0 Å². The second kappa shape index (κ2) is 10.5. The molecular formula is C30H38N2O5. The van der Waals surface area contributed by atoms with Crippen molar-refractivity contribution in [3.63, 3.8) is 0 Å². The number of hydrogen-bond acceptors (Lipinski definition) is 6. The molecule has 3 fully saturated rings. The van der Waals surface area contributed by atoms with Gasteiger partial charge in [0, 0.05) is 50.2 Å². The fraction of sp³-hybridized carbons (Fsp3) is 0.533. The van der Waals surface area contributed by atoms with Gasteiger partial charge >= 0.3 is 5.97 Å². The lowest BCUT2D eigenvalue weighted by Crippen LogP contribution is -2.68. The summed E-state index contributed by atoms with van der Waals surface area (Å²) in [7, 11) is 1.83. The van der Waals surface area contributed by atoms with Crippen molar-refractivity contribution in [2.75, 3.05) is 26.7 Å². The molecule has 0 spiro atoms. The molecule has 7 heteroatoms. The van der Waals surface area contributed by atoms with E-state index < -0.39 is 0 Å². The van der Waals surface area contributed by atoms with Crippen LogP contribution in [0.4, 0.5) is 0 Å². The first-order valence-corrected chi connectivity index (χ1v) is 13.4. The van der Waals surface area contributed by atoms with E-state index in [1.807, 2.05) is 38.3 Å². The molecule has 0 unspecified atom stereocenters. The maximum absolute atomic E-state index is 12.9. The van der Waals surface area contributed by atoms with Gasteiger partial charge in [0.1, 0.15) is 11.5 Å². The number of carbonyl (C=O) groups is 2. The monoisotopic (exact) mass is 506 g/mol. The zero-order valence-corrected chi connectivity index (χ0v) is 22.1. The number of nitrogens with zero attached hydrogens (tertiary/aromatic N) is 1. The highest BCUT2D eigenvalue weighted by Gasteiger charge is 2.59. The zero-order chi connectivity index (χ0) is 26.0. The Labute approximate surface area is 219 Å². The van der Waals surface area contributed by atoms with Gasteiger partial charge < -0.3 is 24.1 Å². The number of nitrogens with one attached hydrogen (secondary N) is 1. The molecule has 198 valence electrons. The number of fused-ring (bicyclic) bond motifs is 1. The summed E-state index contributed by atoms with van der Waals surface area (Å²) in [6.07, 6.45) is 11.0. The van der Waals surface area contributed by atoms with Gasteiger partial charge in [-0.05, 0) is 87.7 Å². The Kier molecular flexibility index (Phi) is 7.28. The molecular weight excluding hydrogens is 468 g/mol. The van der Waals surface area contributed by atoms with Crippen LogP contribution < -0.4 is 10.1 Å². The molecule has 2 aromatic rings. The van der Waals surface area contributed by atoms with Gasteiger partial charge in [0.05, 0.1) is 11.9 Å². The number of furan rings is 1. The van der Waals surface area contributed by atoms with E-state index in [0.29, 0.717) is 5.75 Å². The molecule has 0 bridgehead atoms. The van der Waals surface area contributed by atoms with Crippen LogP contribution in [0, 0.1) is 12.8 Å². The Bertz CT molecular complexity index is 1170. The van der Waals surface area contributed by atoms with Gasteiger partial charge in [-0.3, -0.25) is 9.59 Å². The number of rotatable bonds is 8. The second-order valence-electron chi connectivity index (χ2n) is 11.0. The minimum absolute atomic E-state index is 0.0123. The fourth-order valence-electron chi connectivity index (χ4n) is 6.54. The van der Waals surface area contributed by atoms with Crippen molar-refractivity contribution < 1.29 is 23.5 Å². The van der Waals surface area contributed by atoms with Crippen molar-refractivity contribution in [1.29, 1.82) is 0 Å². The van der Waals surface area contributed by atoms with Crippen LogP contribution in [0.5, 0.6) is 5.75 Å². The van der Waals surface area contributed by atoms with E-state index in [1.165, 1.54) is 19.8 Å². The molecule has 2 aliphatic carbocycles. The van der Waals surface area contributed by atoms with E-state index in [2.05, 4.69) is 16.3 Å². The van der Waals surface area contributed by atoms with Crippen LogP contribution in [0.1, 0.15) is 62.3 Å². The summed E-state index contributed by atoms with van der Waals surface area (Å²) in [5.74, 6) is 1.71. The number of likely N-dealkylation sites (tertiary alicyclic amines) is 1. The van der Waals surface area contributed by atoms with Gasteiger partial charge in [-0.2, -0.15) is 0 Å². The lowest BCUT2D eigenvalue weighted by Gasteiger charge is -2.60. The lowest BCUT2D eigenvalue weighted by atomic mass is 9.55. The van der Waals surface area contributed by atoms with Crippen LogP contribution >= 0.6 is 0 Å². The Hall–Kier alpha value is -2.90. The minimum atomic E-state index is -0.375. The van der Waals surface area contributed by atoms with Crippen molar-refractivity contribution in [3.8, 4) is 5.75 Å². The Morgan fingerprint density at radius 3 is 2.76 bits per heavy atom. The zero-order valence-electron chi connectivity index (χ0n) is 22.1. The van der Waals surface area contributed by atoms with E-state index in [9.17, 15) is 9.59 Å². The predicted molar refractivity (Wildman–Crippen MR) is 141 cm³/mol. The van der Waals surface area contributed by atoms with Crippen LogP contribution in [0.15, 0.2) is 47.1 Å². The van der Waals surface area contributed by atoms with Crippen molar-refractivity contribution >= 4 is 18.0 Å². The molecule has 2 heterocycles. The van der Waals surface area contributed by atoms with Crippen molar-refractivity contribution in [2.24, 2.45) is 5.92 Å². The van der Waals surface area contributed by atoms with Crippen molar-refractivity contribution in [2.45, 2.75) is 69.4 Å². The third-order valence-electron chi connectivity index (χ3n) is 8.61. The molecule has 1 aromatic heterocycles. The van der Waals surface area contributed by atoms with Gasteiger partial charge in [0.2, 0.25) is 5.91 Å². The SMILES string of the molecule is CO[C@]12CC[C@@H](NC(=O)/C=C/c3ccoc3C)C[C@]1(c1cccc(OC(C)=O)c1)CCN(CC1CC1)C2. The highest BCUT2D eigenvalue weighted by atomic mass is 16.5. The number of carbonyl (C=O) groups excluding carboxylic acids is 2. The summed E-state index contributed by atoms with van der Waals surface area (Å²) < 4.78 is 17.3. The molecule has 7 nitrogen and oxygen atoms in total. The first kappa shape index (κ1) is 25.7. The first-order valence-electron chi connectivity index (χ1n) is 13.4. The molecule has 1 aliphatic heterocycles. The number of ether oxygens (including phenoxy) is 2. The Balaban J connectivity index is 1.42. The maximum Gasteiger partial charge on any atom is 0.308 e. The molecule has 0 radical (unpaired) electrons. The van der Waals surface area contributed by atoms with Gasteiger partial charge in [-0.15, -0.1) is 0 Å². The summed E-state index contributed by atoms with van der Waals surface area (Å²) in [5, 5.41) is 3.26. The van der Waals surface area contributed by atoms with Crippen LogP contribution in [0.2, 0.25) is 0 Å². The number of piperidine rings is 1. The molecule has 37 heavy (non-hydrogen) atoms. The lowest BCUT2D eigenvalue weighted by molar-refractivity contribution is -0.150. The normalized spacial score (nSPS) is 28.1. The van der Waals surface area contributed by atoms with Crippen LogP contribution in [-0.4, -0.2) is 55.2 Å². The summed E-state index contributed by atoms with van der Waals surface area (Å²) in [6, 6.07) is 9.77. The average Bonchev–Trinajstić information content (AvgIpc) is 3.60. The largest absolute Gasteiger partial charge is 0.469 e. The summed E-state index contributed by atoms with van der Waals surface area (Å²) >= 11 is 0. The first-order chi connectivity index (χ1) is 17.8. The van der Waals surface area contributed by atoms with E-state index in [4.69, 9.17) is 13.9 Å². The number of benzene rings is 1. The highest BCUT2D eigenvalue weighted by molar-refractivity contribution is 5.92. The summed E-state index contributed by atoms with van der Waals surface area (Å²) in [6.45, 7) is 6.29. The van der Waals surface area contributed by atoms with Crippen molar-refractivity contribution in [3.05, 3.63) is 59.6 Å². The smallest absolute Gasteiger partial charge is 0.308 e. The fourth-order valence-corrected chi connectivity index (χ4v) is 6.54. The molecule has 1 aromatic carbocycles. The highest BCUT2D eigenvalue weighted by Crippen LogP contribution is 2.54. The number of aryl methyl sites for hydroxylation is 1. The summed E-state index contributed by atoms with van der Waals surface area (Å²) in [5.41, 5.74) is 1.33. The summed E-state index contributed by atoms with van der Waals surface area (Å²) in [4.78, 5) is 27.2. The minimum Gasteiger partial charge on any atom is -0.469 e. The van der Waals surface area contributed by atoms with E-state index in [-0.39, 0.29) is 28.9 Å². The van der Waals surface area contributed by atoms with Gasteiger partial charge in [0.15, 0.2) is 0 Å². The van der Waals surface area contributed by atoms with E-state index in [1.54, 1.807) is 18.4 Å². The van der Waals surface area contributed by atoms with Gasteiger partial charge in [-0.25, -0.2) is 0 Å². The topological polar surface area (TPSA) is 81.0 Å². The molecule has 1 saturated heterocycles. The van der Waals surface area contributed by atoms with Gasteiger partial charge in [-0.1, -0.05) is 12.1 Å². The number of methoxy groups -OCH3 is 1. The molecule has 1 N–H and O–H groups in total.